The molecule has 0 saturated carbocycles. The van der Waals surface area contributed by atoms with E-state index in [-0.39, 0.29) is 17.1 Å². The summed E-state index contributed by atoms with van der Waals surface area (Å²) >= 11 is 0. The monoisotopic (exact) mass is 332 g/mol. The molecule has 2 saturated heterocycles. The first kappa shape index (κ1) is 17.5. The lowest BCUT2D eigenvalue weighted by Gasteiger charge is -2.27. The molecule has 128 valence electrons. The molecule has 0 radical (unpaired) electrons. The van der Waals surface area contributed by atoms with E-state index in [0.717, 1.165) is 45.0 Å². The van der Waals surface area contributed by atoms with Gasteiger partial charge in [-0.15, -0.1) is 0 Å². The van der Waals surface area contributed by atoms with Crippen LogP contribution in [0.1, 0.15) is 19.8 Å². The van der Waals surface area contributed by atoms with Crippen molar-refractivity contribution < 1.29 is 13.2 Å². The van der Waals surface area contributed by atoms with Crippen LogP contribution in [-0.4, -0.2) is 82.8 Å². The molecule has 1 atom stereocenters. The Morgan fingerprint density at radius 2 is 2.05 bits per heavy atom. The van der Waals surface area contributed by atoms with Gasteiger partial charge in [-0.1, -0.05) is 0 Å². The van der Waals surface area contributed by atoms with Crippen molar-refractivity contribution >= 4 is 15.8 Å². The second kappa shape index (κ2) is 7.61. The molecule has 1 unspecified atom stereocenters. The highest BCUT2D eigenvalue weighted by atomic mass is 32.2. The van der Waals surface area contributed by atoms with E-state index in [4.69, 9.17) is 4.74 Å². The normalized spacial score (nSPS) is 29.5. The van der Waals surface area contributed by atoms with Gasteiger partial charge in [-0.25, -0.2) is 8.42 Å². The van der Waals surface area contributed by atoms with Crippen LogP contribution in [0.25, 0.3) is 0 Å². The Morgan fingerprint density at radius 1 is 1.32 bits per heavy atom. The summed E-state index contributed by atoms with van der Waals surface area (Å²) in [6.45, 7) is 6.52. The summed E-state index contributed by atoms with van der Waals surface area (Å²) in [6, 6.07) is 0. The van der Waals surface area contributed by atoms with Crippen molar-refractivity contribution in [2.75, 3.05) is 57.9 Å². The molecule has 7 nitrogen and oxygen atoms in total. The van der Waals surface area contributed by atoms with Crippen LogP contribution in [0.15, 0.2) is 4.99 Å². The van der Waals surface area contributed by atoms with Gasteiger partial charge < -0.3 is 15.4 Å². The van der Waals surface area contributed by atoms with Gasteiger partial charge in [0.15, 0.2) is 15.8 Å². The Labute approximate surface area is 133 Å². The zero-order valence-electron chi connectivity index (χ0n) is 13.6. The molecule has 2 aliphatic heterocycles. The predicted molar refractivity (Wildman–Crippen MR) is 88.0 cm³/mol. The molecule has 8 heteroatoms. The third-order valence-electron chi connectivity index (χ3n) is 4.31. The van der Waals surface area contributed by atoms with Gasteiger partial charge in [0.2, 0.25) is 0 Å². The summed E-state index contributed by atoms with van der Waals surface area (Å²) in [7, 11) is -1.05. The number of guanidine groups is 1. The van der Waals surface area contributed by atoms with Crippen molar-refractivity contribution in [3.05, 3.63) is 0 Å². The van der Waals surface area contributed by atoms with Crippen LogP contribution in [0.2, 0.25) is 0 Å². The second-order valence-corrected chi connectivity index (χ2v) is 8.55. The van der Waals surface area contributed by atoms with Crippen molar-refractivity contribution in [3.8, 4) is 0 Å². The fraction of sp³-hybridized carbons (Fsp3) is 0.929. The Kier molecular flexibility index (Phi) is 6.05. The van der Waals surface area contributed by atoms with E-state index in [9.17, 15) is 8.42 Å². The van der Waals surface area contributed by atoms with Crippen molar-refractivity contribution in [1.82, 2.24) is 15.5 Å². The molecule has 0 aromatic carbocycles. The molecule has 0 aromatic rings. The van der Waals surface area contributed by atoms with E-state index in [2.05, 4.69) is 27.4 Å². The quantitative estimate of drug-likeness (QED) is 0.519. The molecule has 2 aliphatic rings. The fourth-order valence-corrected chi connectivity index (χ4v) is 4.05. The first-order valence-electron chi connectivity index (χ1n) is 7.94. The first-order chi connectivity index (χ1) is 10.4. The topological polar surface area (TPSA) is 83.0 Å². The number of nitrogens with zero attached hydrogens (tertiary/aromatic N) is 2. The van der Waals surface area contributed by atoms with Crippen LogP contribution in [-0.2, 0) is 14.6 Å². The van der Waals surface area contributed by atoms with Crippen LogP contribution in [0, 0.1) is 0 Å². The number of rotatable bonds is 5. The molecule has 2 rings (SSSR count). The summed E-state index contributed by atoms with van der Waals surface area (Å²) in [5.41, 5.74) is -0.0984. The van der Waals surface area contributed by atoms with Gasteiger partial charge in [0, 0.05) is 46.4 Å². The van der Waals surface area contributed by atoms with Crippen molar-refractivity contribution in [1.29, 1.82) is 0 Å². The number of aliphatic imine (C=N–C) groups is 1. The van der Waals surface area contributed by atoms with Gasteiger partial charge in [0.1, 0.15) is 0 Å². The molecule has 0 aliphatic carbocycles. The van der Waals surface area contributed by atoms with Crippen LogP contribution in [0.5, 0.6) is 0 Å². The highest BCUT2D eigenvalue weighted by Crippen LogP contribution is 2.23. The highest BCUT2D eigenvalue weighted by Gasteiger charge is 2.29. The number of hydrogen-bond acceptors (Lipinski definition) is 5. The average molecular weight is 332 g/mol. The number of hydrogen-bond donors (Lipinski definition) is 2. The number of ether oxygens (including phenoxy) is 1. The second-order valence-electron chi connectivity index (χ2n) is 6.25. The third-order valence-corrected chi connectivity index (χ3v) is 5.92. The molecule has 0 amide bonds. The van der Waals surface area contributed by atoms with Gasteiger partial charge in [-0.3, -0.25) is 9.89 Å². The minimum absolute atomic E-state index is 0.0984. The largest absolute Gasteiger partial charge is 0.373 e. The maximum Gasteiger partial charge on any atom is 0.191 e. The Hall–Kier alpha value is -0.860. The summed E-state index contributed by atoms with van der Waals surface area (Å²) in [5, 5.41) is 6.57. The maximum atomic E-state index is 11.4. The molecular weight excluding hydrogens is 304 g/mol. The molecule has 22 heavy (non-hydrogen) atoms. The predicted octanol–water partition coefficient (Wildman–Crippen LogP) is -0.549. The molecule has 0 aromatic heterocycles. The van der Waals surface area contributed by atoms with Crippen molar-refractivity contribution in [2.24, 2.45) is 4.99 Å². The van der Waals surface area contributed by atoms with E-state index in [1.807, 2.05) is 0 Å². The van der Waals surface area contributed by atoms with Gasteiger partial charge in [-0.2, -0.15) is 0 Å². The van der Waals surface area contributed by atoms with Gasteiger partial charge in [-0.05, 0) is 19.8 Å². The van der Waals surface area contributed by atoms with Crippen LogP contribution >= 0.6 is 0 Å². The van der Waals surface area contributed by atoms with E-state index in [1.165, 1.54) is 0 Å². The Morgan fingerprint density at radius 3 is 2.64 bits per heavy atom. The van der Waals surface area contributed by atoms with Crippen molar-refractivity contribution in [2.45, 2.75) is 25.4 Å². The van der Waals surface area contributed by atoms with E-state index in [0.29, 0.717) is 13.1 Å². The summed E-state index contributed by atoms with van der Waals surface area (Å²) < 4.78 is 28.5. The SMILES string of the molecule is CN=C(NCCN1CCS(=O)(=O)CC1)NCC1(C)CCCO1. The smallest absolute Gasteiger partial charge is 0.191 e. The number of sulfone groups is 1. The lowest BCUT2D eigenvalue weighted by molar-refractivity contribution is 0.0243. The van der Waals surface area contributed by atoms with Gasteiger partial charge in [0.25, 0.3) is 0 Å². The van der Waals surface area contributed by atoms with Crippen LogP contribution < -0.4 is 10.6 Å². The lowest BCUT2D eigenvalue weighted by atomic mass is 10.0. The Balaban J connectivity index is 1.64. The van der Waals surface area contributed by atoms with E-state index in [1.54, 1.807) is 7.05 Å². The summed E-state index contributed by atoms with van der Waals surface area (Å²) in [5.74, 6) is 1.31. The molecular formula is C14H28N4O3S. The molecule has 2 fully saturated rings. The first-order valence-corrected chi connectivity index (χ1v) is 9.76. The lowest BCUT2D eigenvalue weighted by Crippen LogP contribution is -2.48. The molecule has 0 bridgehead atoms. The highest BCUT2D eigenvalue weighted by molar-refractivity contribution is 7.91. The molecule has 0 spiro atoms. The summed E-state index contributed by atoms with van der Waals surface area (Å²) in [6.07, 6.45) is 2.18. The van der Waals surface area contributed by atoms with Crippen LogP contribution in [0.3, 0.4) is 0 Å². The maximum absolute atomic E-state index is 11.4. The average Bonchev–Trinajstić information content (AvgIpc) is 2.91. The number of nitrogens with one attached hydrogen (secondary N) is 2. The zero-order valence-corrected chi connectivity index (χ0v) is 14.4. The standard InChI is InChI=1S/C14H28N4O3S/c1-14(4-3-9-21-14)12-17-13(15-2)16-5-6-18-7-10-22(19,20)11-8-18/h3-12H2,1-2H3,(H2,15,16,17). The third kappa shape index (κ3) is 5.40. The molecule has 2 N–H and O–H groups in total. The van der Waals surface area contributed by atoms with Gasteiger partial charge >= 0.3 is 0 Å². The Bertz CT molecular complexity index is 472. The minimum atomic E-state index is -2.80. The van der Waals surface area contributed by atoms with E-state index >= 15 is 0 Å². The van der Waals surface area contributed by atoms with E-state index < -0.39 is 9.84 Å². The minimum Gasteiger partial charge on any atom is -0.373 e. The zero-order chi connectivity index (χ0) is 16.1. The summed E-state index contributed by atoms with van der Waals surface area (Å²) in [4.78, 5) is 6.38. The fourth-order valence-electron chi connectivity index (χ4n) is 2.77. The van der Waals surface area contributed by atoms with Crippen LogP contribution in [0.4, 0.5) is 0 Å². The van der Waals surface area contributed by atoms with Crippen molar-refractivity contribution in [3.63, 3.8) is 0 Å². The molecule has 2 heterocycles. The van der Waals surface area contributed by atoms with Gasteiger partial charge in [0.05, 0.1) is 17.1 Å².